The summed E-state index contributed by atoms with van der Waals surface area (Å²) in [4.78, 5) is 40.6. The molecule has 0 aromatic heterocycles. The predicted octanol–water partition coefficient (Wildman–Crippen LogP) is 2.26. The summed E-state index contributed by atoms with van der Waals surface area (Å²) >= 11 is 0. The maximum Gasteiger partial charge on any atom is 0.251 e. The fraction of sp³-hybridized carbons (Fsp3) is 0.348. The largest absolute Gasteiger partial charge is 0.348 e. The van der Waals surface area contributed by atoms with Crippen molar-refractivity contribution in [2.24, 2.45) is 0 Å². The van der Waals surface area contributed by atoms with Crippen molar-refractivity contribution >= 4 is 17.7 Å². The van der Waals surface area contributed by atoms with Crippen LogP contribution in [0.1, 0.15) is 39.9 Å². The molecule has 2 fully saturated rings. The second kappa shape index (κ2) is 8.07. The minimum Gasteiger partial charge on any atom is -0.348 e. The van der Waals surface area contributed by atoms with Crippen LogP contribution in [0.2, 0.25) is 0 Å². The topological polar surface area (TPSA) is 69.7 Å². The van der Waals surface area contributed by atoms with Gasteiger partial charge in [0.15, 0.2) is 0 Å². The Balaban J connectivity index is 1.35. The third-order valence-electron chi connectivity index (χ3n) is 5.66. The molecule has 150 valence electrons. The third kappa shape index (κ3) is 4.16. The van der Waals surface area contributed by atoms with Gasteiger partial charge in [0.25, 0.3) is 5.91 Å². The average molecular weight is 391 g/mol. The molecule has 0 spiro atoms. The van der Waals surface area contributed by atoms with Gasteiger partial charge >= 0.3 is 0 Å². The van der Waals surface area contributed by atoms with Crippen molar-refractivity contribution in [3.05, 3.63) is 70.8 Å². The van der Waals surface area contributed by atoms with E-state index in [0.29, 0.717) is 25.2 Å². The van der Waals surface area contributed by atoms with Gasteiger partial charge in [-0.05, 0) is 43.0 Å². The summed E-state index contributed by atoms with van der Waals surface area (Å²) in [5, 5.41) is 2.92. The van der Waals surface area contributed by atoms with Crippen LogP contribution in [0, 0.1) is 6.92 Å². The van der Waals surface area contributed by atoms with Crippen molar-refractivity contribution in [2.75, 3.05) is 13.1 Å². The van der Waals surface area contributed by atoms with Gasteiger partial charge < -0.3 is 15.1 Å². The van der Waals surface area contributed by atoms with Crippen molar-refractivity contribution in [1.82, 2.24) is 15.1 Å². The lowest BCUT2D eigenvalue weighted by molar-refractivity contribution is -0.154. The number of rotatable bonds is 5. The Morgan fingerprint density at radius 1 is 1.03 bits per heavy atom. The molecular formula is C23H25N3O3. The summed E-state index contributed by atoms with van der Waals surface area (Å²) in [6.07, 6.45) is 1.64. The number of benzene rings is 2. The van der Waals surface area contributed by atoms with E-state index in [1.807, 2.05) is 43.3 Å². The fourth-order valence-corrected chi connectivity index (χ4v) is 3.97. The van der Waals surface area contributed by atoms with Crippen LogP contribution in [0.3, 0.4) is 0 Å². The van der Waals surface area contributed by atoms with Crippen LogP contribution in [0.5, 0.6) is 0 Å². The highest BCUT2D eigenvalue weighted by atomic mass is 16.2. The van der Waals surface area contributed by atoms with Crippen molar-refractivity contribution in [3.63, 3.8) is 0 Å². The van der Waals surface area contributed by atoms with E-state index in [0.717, 1.165) is 24.0 Å². The van der Waals surface area contributed by atoms with Gasteiger partial charge in [-0.2, -0.15) is 0 Å². The molecule has 2 aliphatic rings. The van der Waals surface area contributed by atoms with E-state index in [4.69, 9.17) is 0 Å². The molecule has 1 unspecified atom stereocenters. The van der Waals surface area contributed by atoms with Crippen LogP contribution in [0.15, 0.2) is 48.5 Å². The number of carbonyl (C=O) groups is 3. The summed E-state index contributed by atoms with van der Waals surface area (Å²) < 4.78 is 0. The molecule has 2 heterocycles. The van der Waals surface area contributed by atoms with E-state index in [2.05, 4.69) is 5.32 Å². The van der Waals surface area contributed by atoms with Gasteiger partial charge in [-0.1, -0.05) is 42.0 Å². The van der Waals surface area contributed by atoms with Gasteiger partial charge in [-0.25, -0.2) is 0 Å². The molecule has 6 nitrogen and oxygen atoms in total. The van der Waals surface area contributed by atoms with E-state index in [-0.39, 0.29) is 30.3 Å². The second-order valence-electron chi connectivity index (χ2n) is 7.80. The smallest absolute Gasteiger partial charge is 0.251 e. The number of aryl methyl sites for hydroxylation is 1. The second-order valence-corrected chi connectivity index (χ2v) is 7.80. The molecule has 0 aliphatic carbocycles. The van der Waals surface area contributed by atoms with Gasteiger partial charge in [-0.3, -0.25) is 14.4 Å². The highest BCUT2D eigenvalue weighted by molar-refractivity contribution is 5.95. The molecular weight excluding hydrogens is 366 g/mol. The van der Waals surface area contributed by atoms with E-state index >= 15 is 0 Å². The van der Waals surface area contributed by atoms with Crippen molar-refractivity contribution in [3.8, 4) is 0 Å². The first-order valence-corrected chi connectivity index (χ1v) is 10.0. The molecule has 6 heteroatoms. The monoisotopic (exact) mass is 391 g/mol. The van der Waals surface area contributed by atoms with Gasteiger partial charge in [-0.15, -0.1) is 0 Å². The molecule has 2 aromatic carbocycles. The Hall–Kier alpha value is -3.15. The zero-order valence-electron chi connectivity index (χ0n) is 16.6. The van der Waals surface area contributed by atoms with Gasteiger partial charge in [0.1, 0.15) is 12.6 Å². The molecule has 29 heavy (non-hydrogen) atoms. The number of nitrogens with one attached hydrogen (secondary N) is 1. The molecule has 4 rings (SSSR count). The molecule has 2 aliphatic heterocycles. The maximum atomic E-state index is 12.6. The number of carbonyl (C=O) groups excluding carboxylic acids is 3. The first-order valence-electron chi connectivity index (χ1n) is 10.0. The molecule has 1 atom stereocenters. The SMILES string of the molecule is Cc1ccc(CNC(=O)c2ccc(CN3CC(=O)N4CCCC4C3=O)cc2)cc1. The molecule has 2 aromatic rings. The zero-order valence-corrected chi connectivity index (χ0v) is 16.6. The van der Waals surface area contributed by atoms with E-state index in [1.165, 1.54) is 5.56 Å². The van der Waals surface area contributed by atoms with Crippen LogP contribution >= 0.6 is 0 Å². The van der Waals surface area contributed by atoms with E-state index in [1.54, 1.807) is 21.9 Å². The summed E-state index contributed by atoms with van der Waals surface area (Å²) in [5.41, 5.74) is 3.72. The number of amides is 3. The molecule has 0 saturated carbocycles. The number of nitrogens with zero attached hydrogens (tertiary/aromatic N) is 2. The van der Waals surface area contributed by atoms with Crippen LogP contribution in [-0.4, -0.2) is 46.7 Å². The van der Waals surface area contributed by atoms with E-state index in [9.17, 15) is 14.4 Å². The minimum atomic E-state index is -0.289. The Morgan fingerprint density at radius 3 is 2.45 bits per heavy atom. The number of fused-ring (bicyclic) bond motifs is 1. The van der Waals surface area contributed by atoms with Crippen LogP contribution in [0.4, 0.5) is 0 Å². The summed E-state index contributed by atoms with van der Waals surface area (Å²) in [6.45, 7) is 3.72. The summed E-state index contributed by atoms with van der Waals surface area (Å²) in [5.74, 6) is -0.0795. The van der Waals surface area contributed by atoms with Crippen LogP contribution in [0.25, 0.3) is 0 Å². The molecule has 0 radical (unpaired) electrons. The lowest BCUT2D eigenvalue weighted by Crippen LogP contribution is -2.56. The van der Waals surface area contributed by atoms with Crippen LogP contribution < -0.4 is 5.32 Å². The highest BCUT2D eigenvalue weighted by Crippen LogP contribution is 2.24. The number of hydrogen-bond acceptors (Lipinski definition) is 3. The van der Waals surface area contributed by atoms with Crippen molar-refractivity contribution in [2.45, 2.75) is 38.9 Å². The lowest BCUT2D eigenvalue weighted by atomic mass is 10.1. The Labute approximate surface area is 170 Å². The number of piperazine rings is 1. The minimum absolute atomic E-state index is 0.0270. The molecule has 0 bridgehead atoms. The van der Waals surface area contributed by atoms with Crippen molar-refractivity contribution < 1.29 is 14.4 Å². The van der Waals surface area contributed by atoms with Gasteiger partial charge in [0, 0.05) is 25.2 Å². The summed E-state index contributed by atoms with van der Waals surface area (Å²) in [6, 6.07) is 15.0. The molecule has 3 amide bonds. The first kappa shape index (κ1) is 19.2. The van der Waals surface area contributed by atoms with Gasteiger partial charge in [0.05, 0.1) is 0 Å². The quantitative estimate of drug-likeness (QED) is 0.850. The highest BCUT2D eigenvalue weighted by Gasteiger charge is 2.41. The maximum absolute atomic E-state index is 12.6. The van der Waals surface area contributed by atoms with Gasteiger partial charge in [0.2, 0.25) is 11.8 Å². The first-order chi connectivity index (χ1) is 14.0. The van der Waals surface area contributed by atoms with E-state index < -0.39 is 0 Å². The molecule has 1 N–H and O–H groups in total. The predicted molar refractivity (Wildman–Crippen MR) is 109 cm³/mol. The summed E-state index contributed by atoms with van der Waals surface area (Å²) in [7, 11) is 0. The third-order valence-corrected chi connectivity index (χ3v) is 5.66. The van der Waals surface area contributed by atoms with Crippen molar-refractivity contribution in [1.29, 1.82) is 0 Å². The van der Waals surface area contributed by atoms with Crippen LogP contribution in [-0.2, 0) is 22.7 Å². The normalized spacial score (nSPS) is 18.7. The Kier molecular flexibility index (Phi) is 5.34. The average Bonchev–Trinajstić information content (AvgIpc) is 3.23. The Bertz CT molecular complexity index is 921. The lowest BCUT2D eigenvalue weighted by Gasteiger charge is -2.36. The Morgan fingerprint density at radius 2 is 1.72 bits per heavy atom. The standard InChI is InChI=1S/C23H25N3O3/c1-16-4-6-17(7-5-16)13-24-22(28)19-10-8-18(9-11-19)14-25-15-21(27)26-12-2-3-20(26)23(25)29/h4-11,20H,2-3,12-15H2,1H3,(H,24,28). The zero-order chi connectivity index (χ0) is 20.4. The fourth-order valence-electron chi connectivity index (χ4n) is 3.97. The number of hydrogen-bond donors (Lipinski definition) is 1. The molecule has 2 saturated heterocycles.